The Hall–Kier alpha value is -0.470. The first kappa shape index (κ1) is 34.6. The van der Waals surface area contributed by atoms with E-state index in [0.717, 1.165) is 31.4 Å². The minimum Gasteiger partial charge on any atom is -0.199 e. The van der Waals surface area contributed by atoms with Gasteiger partial charge < -0.3 is 0 Å². The SMILES string of the molecule is CCCCCCCC/C=C\CCCCCCC(SCc1ccccc1)N(SC(C)C)S(=O)(=O)NC(C)C. The molecule has 1 atom stereocenters. The molecule has 7 heteroatoms. The van der Waals surface area contributed by atoms with Crippen LogP contribution in [0.2, 0.25) is 0 Å². The molecule has 1 aromatic carbocycles. The van der Waals surface area contributed by atoms with E-state index in [9.17, 15) is 8.42 Å². The molecular formula is C30H54N2O2S3. The monoisotopic (exact) mass is 570 g/mol. The van der Waals surface area contributed by atoms with Gasteiger partial charge in [0.2, 0.25) is 0 Å². The maximum atomic E-state index is 13.3. The summed E-state index contributed by atoms with van der Waals surface area (Å²) in [6.07, 6.45) is 20.7. The van der Waals surface area contributed by atoms with Gasteiger partial charge in [-0.15, -0.1) is 15.5 Å². The molecule has 0 aliphatic rings. The van der Waals surface area contributed by atoms with Gasteiger partial charge in [-0.25, -0.2) is 0 Å². The summed E-state index contributed by atoms with van der Waals surface area (Å²) in [7, 11) is -3.57. The first-order valence-corrected chi connectivity index (χ1v) is 17.9. The van der Waals surface area contributed by atoms with Gasteiger partial charge in [-0.1, -0.05) is 127 Å². The summed E-state index contributed by atoms with van der Waals surface area (Å²) < 4.78 is 31.0. The van der Waals surface area contributed by atoms with Crippen molar-refractivity contribution in [2.45, 2.75) is 141 Å². The zero-order valence-corrected chi connectivity index (χ0v) is 26.6. The summed E-state index contributed by atoms with van der Waals surface area (Å²) in [6, 6.07) is 10.2. The third kappa shape index (κ3) is 17.7. The molecule has 0 amide bonds. The number of hydrogen-bond acceptors (Lipinski definition) is 4. The van der Waals surface area contributed by atoms with Crippen molar-refractivity contribution in [3.8, 4) is 0 Å². The molecule has 1 aromatic rings. The number of nitrogens with zero attached hydrogens (tertiary/aromatic N) is 1. The molecule has 214 valence electrons. The highest BCUT2D eigenvalue weighted by Crippen LogP contribution is 2.34. The summed E-state index contributed by atoms with van der Waals surface area (Å²) in [4.78, 5) is 0. The third-order valence-corrected chi connectivity index (χ3v) is 10.7. The summed E-state index contributed by atoms with van der Waals surface area (Å²) in [5, 5.41) is 0.0905. The van der Waals surface area contributed by atoms with Crippen LogP contribution < -0.4 is 4.72 Å². The fraction of sp³-hybridized carbons (Fsp3) is 0.733. The maximum absolute atomic E-state index is 13.3. The highest BCUT2D eigenvalue weighted by Gasteiger charge is 2.32. The largest absolute Gasteiger partial charge is 0.290 e. The lowest BCUT2D eigenvalue weighted by Gasteiger charge is -2.31. The van der Waals surface area contributed by atoms with Crippen LogP contribution in [0.15, 0.2) is 42.5 Å². The van der Waals surface area contributed by atoms with Crippen LogP contribution in [0.25, 0.3) is 0 Å². The lowest BCUT2D eigenvalue weighted by molar-refractivity contribution is 0.482. The maximum Gasteiger partial charge on any atom is 0.290 e. The average Bonchev–Trinajstić information content (AvgIpc) is 2.84. The van der Waals surface area contributed by atoms with Crippen LogP contribution in [-0.2, 0) is 16.0 Å². The van der Waals surface area contributed by atoms with E-state index in [1.165, 1.54) is 75.3 Å². The van der Waals surface area contributed by atoms with Crippen molar-refractivity contribution in [3.63, 3.8) is 0 Å². The molecule has 1 N–H and O–H groups in total. The molecule has 0 saturated carbocycles. The van der Waals surface area contributed by atoms with E-state index in [1.54, 1.807) is 15.5 Å². The number of allylic oxidation sites excluding steroid dienone is 2. The molecule has 37 heavy (non-hydrogen) atoms. The van der Waals surface area contributed by atoms with E-state index in [-0.39, 0.29) is 16.7 Å². The van der Waals surface area contributed by atoms with E-state index >= 15 is 0 Å². The van der Waals surface area contributed by atoms with Gasteiger partial charge in [-0.05, 0) is 51.5 Å². The van der Waals surface area contributed by atoms with Gasteiger partial charge in [0.05, 0.1) is 5.37 Å². The molecule has 0 aromatic heterocycles. The van der Waals surface area contributed by atoms with Crippen LogP contribution in [0.4, 0.5) is 0 Å². The smallest absolute Gasteiger partial charge is 0.199 e. The molecular weight excluding hydrogens is 517 g/mol. The average molecular weight is 571 g/mol. The molecule has 0 aliphatic carbocycles. The first-order valence-electron chi connectivity index (χ1n) is 14.5. The molecule has 0 spiro atoms. The van der Waals surface area contributed by atoms with Gasteiger partial charge >= 0.3 is 0 Å². The van der Waals surface area contributed by atoms with Gasteiger partial charge in [0.25, 0.3) is 10.2 Å². The summed E-state index contributed by atoms with van der Waals surface area (Å²) >= 11 is 3.17. The number of hydrogen-bond donors (Lipinski definition) is 1. The van der Waals surface area contributed by atoms with E-state index in [1.807, 2.05) is 32.0 Å². The molecule has 4 nitrogen and oxygen atoms in total. The molecule has 0 aliphatic heterocycles. The molecule has 1 unspecified atom stereocenters. The number of rotatable bonds is 23. The van der Waals surface area contributed by atoms with Crippen LogP contribution in [0.5, 0.6) is 0 Å². The first-order chi connectivity index (χ1) is 17.8. The second-order valence-corrected chi connectivity index (χ2v) is 15.0. The van der Waals surface area contributed by atoms with Crippen molar-refractivity contribution >= 4 is 33.9 Å². The predicted molar refractivity (Wildman–Crippen MR) is 168 cm³/mol. The van der Waals surface area contributed by atoms with Gasteiger partial charge in [-0.3, -0.25) is 0 Å². The van der Waals surface area contributed by atoms with Crippen molar-refractivity contribution in [2.75, 3.05) is 0 Å². The van der Waals surface area contributed by atoms with E-state index in [2.05, 4.69) is 49.8 Å². The van der Waals surface area contributed by atoms with Crippen LogP contribution in [0, 0.1) is 0 Å². The standard InChI is InChI=1S/C30H54N2O2S3/c1-6-7-8-9-10-11-12-13-14-15-16-17-18-22-25-30(35-26-29-23-20-19-21-24-29)32(36-28(4)5)37(33,34)31-27(2)3/h13-14,19-21,23-24,27-28,30-31H,6-12,15-18,22,25-26H2,1-5H3/b14-13-. The molecule has 0 fully saturated rings. The summed E-state index contributed by atoms with van der Waals surface area (Å²) in [6.45, 7) is 10.1. The fourth-order valence-electron chi connectivity index (χ4n) is 4.07. The van der Waals surface area contributed by atoms with Gasteiger partial charge in [0.15, 0.2) is 0 Å². The van der Waals surface area contributed by atoms with Crippen LogP contribution in [-0.4, -0.2) is 28.8 Å². The van der Waals surface area contributed by atoms with Crippen molar-refractivity contribution in [2.24, 2.45) is 0 Å². The summed E-state index contributed by atoms with van der Waals surface area (Å²) in [5.41, 5.74) is 1.23. The quantitative estimate of drug-likeness (QED) is 0.0616. The Bertz CT molecular complexity index is 798. The minimum absolute atomic E-state index is 0.0962. The fourth-order valence-corrected chi connectivity index (χ4v) is 8.82. The van der Waals surface area contributed by atoms with Crippen molar-refractivity contribution in [1.29, 1.82) is 0 Å². The predicted octanol–water partition coefficient (Wildman–Crippen LogP) is 9.49. The van der Waals surface area contributed by atoms with Gasteiger partial charge in [0.1, 0.15) is 0 Å². The third-order valence-electron chi connectivity index (χ3n) is 5.92. The normalized spacial score (nSPS) is 13.4. The highest BCUT2D eigenvalue weighted by atomic mass is 32.3. The van der Waals surface area contributed by atoms with Crippen molar-refractivity contribution < 1.29 is 8.42 Å². The second kappa shape index (κ2) is 21.4. The van der Waals surface area contributed by atoms with Crippen LogP contribution in [0.1, 0.15) is 124 Å². The number of nitrogens with one attached hydrogen (secondary N) is 1. The van der Waals surface area contributed by atoms with E-state index < -0.39 is 10.2 Å². The highest BCUT2D eigenvalue weighted by molar-refractivity contribution is 8.09. The Kier molecular flexibility index (Phi) is 20.0. The Morgan fingerprint density at radius 3 is 1.97 bits per heavy atom. The minimum atomic E-state index is -3.57. The van der Waals surface area contributed by atoms with Gasteiger partial charge in [-0.2, -0.15) is 13.1 Å². The summed E-state index contributed by atoms with van der Waals surface area (Å²) in [5.74, 6) is 0.807. The van der Waals surface area contributed by atoms with Crippen LogP contribution >= 0.6 is 23.7 Å². The molecule has 0 saturated heterocycles. The Balaban J connectivity index is 2.53. The van der Waals surface area contributed by atoms with Crippen molar-refractivity contribution in [3.05, 3.63) is 48.0 Å². The number of thioether (sulfide) groups is 1. The zero-order chi connectivity index (χ0) is 27.4. The molecule has 0 bridgehead atoms. The number of unbranched alkanes of at least 4 members (excludes halogenated alkanes) is 10. The molecule has 1 rings (SSSR count). The van der Waals surface area contributed by atoms with E-state index in [4.69, 9.17) is 0 Å². The van der Waals surface area contributed by atoms with Crippen molar-refractivity contribution in [1.82, 2.24) is 8.43 Å². The molecule has 0 heterocycles. The van der Waals surface area contributed by atoms with Gasteiger partial charge in [0, 0.05) is 17.0 Å². The Morgan fingerprint density at radius 1 is 0.838 bits per heavy atom. The zero-order valence-electron chi connectivity index (χ0n) is 24.2. The van der Waals surface area contributed by atoms with E-state index in [0.29, 0.717) is 0 Å². The lowest BCUT2D eigenvalue weighted by Crippen LogP contribution is -2.44. The lowest BCUT2D eigenvalue weighted by atomic mass is 10.1. The Labute approximate surface area is 238 Å². The molecule has 0 radical (unpaired) electrons. The topological polar surface area (TPSA) is 49.4 Å². The Morgan fingerprint density at radius 2 is 1.41 bits per heavy atom. The van der Waals surface area contributed by atoms with Crippen LogP contribution in [0.3, 0.4) is 0 Å². The second-order valence-electron chi connectivity index (χ2n) is 10.5. The number of benzene rings is 1.